The highest BCUT2D eigenvalue weighted by Gasteiger charge is 2.21. The quantitative estimate of drug-likeness (QED) is 0.836. The molecular formula is C16H19N3O3S. The molecule has 0 saturated carbocycles. The van der Waals surface area contributed by atoms with E-state index in [-0.39, 0.29) is 4.90 Å². The molecule has 0 aliphatic carbocycles. The van der Waals surface area contributed by atoms with Gasteiger partial charge in [-0.25, -0.2) is 8.42 Å². The molecule has 0 bridgehead atoms. The predicted octanol–water partition coefficient (Wildman–Crippen LogP) is 1.37. The number of amides is 1. The molecule has 0 radical (unpaired) electrons. The second-order valence-corrected chi connectivity index (χ2v) is 6.95. The van der Waals surface area contributed by atoms with Crippen LogP contribution in [0.2, 0.25) is 0 Å². The molecule has 0 aliphatic heterocycles. The van der Waals surface area contributed by atoms with E-state index >= 15 is 0 Å². The number of nitrogens with zero attached hydrogens (tertiary/aromatic N) is 1. The highest BCUT2D eigenvalue weighted by atomic mass is 32.2. The van der Waals surface area contributed by atoms with Crippen LogP contribution in [0.15, 0.2) is 53.7 Å². The lowest BCUT2D eigenvalue weighted by molar-refractivity contribution is -0.122. The molecule has 1 atom stereocenters. The van der Waals surface area contributed by atoms with E-state index in [1.165, 1.54) is 13.0 Å². The van der Waals surface area contributed by atoms with Crippen molar-refractivity contribution < 1.29 is 13.2 Å². The standard InChI is InChI=1S/C16H19N3O3S/c1-12-5-3-7-15(9-12)23(21,22)19-13(2)16(20)18-11-14-6-4-8-17-10-14/h3-10,13,19H,11H2,1-2H3,(H,18,20)/t13-/m0/s1. The summed E-state index contributed by atoms with van der Waals surface area (Å²) in [6, 6.07) is 9.25. The molecule has 0 unspecified atom stereocenters. The lowest BCUT2D eigenvalue weighted by Crippen LogP contribution is -2.44. The zero-order valence-electron chi connectivity index (χ0n) is 13.0. The number of sulfonamides is 1. The summed E-state index contributed by atoms with van der Waals surface area (Å²) in [6.45, 7) is 3.61. The number of hydrogen-bond donors (Lipinski definition) is 2. The molecule has 1 heterocycles. The summed E-state index contributed by atoms with van der Waals surface area (Å²) in [5.41, 5.74) is 1.68. The third-order valence-electron chi connectivity index (χ3n) is 3.21. The Kier molecular flexibility index (Phi) is 5.46. The van der Waals surface area contributed by atoms with E-state index in [4.69, 9.17) is 0 Å². The lowest BCUT2D eigenvalue weighted by atomic mass is 10.2. The second-order valence-electron chi connectivity index (χ2n) is 5.24. The molecule has 0 fully saturated rings. The van der Waals surface area contributed by atoms with Crippen molar-refractivity contribution in [3.05, 3.63) is 59.9 Å². The van der Waals surface area contributed by atoms with Crippen molar-refractivity contribution in [1.29, 1.82) is 0 Å². The van der Waals surface area contributed by atoms with Gasteiger partial charge in [-0.3, -0.25) is 9.78 Å². The van der Waals surface area contributed by atoms with E-state index in [2.05, 4.69) is 15.0 Å². The fourth-order valence-electron chi connectivity index (χ4n) is 1.98. The molecule has 1 aromatic heterocycles. The Balaban J connectivity index is 1.97. The number of carbonyl (C=O) groups excluding carboxylic acids is 1. The van der Waals surface area contributed by atoms with Crippen LogP contribution in [0.3, 0.4) is 0 Å². The summed E-state index contributed by atoms with van der Waals surface area (Å²) in [5.74, 6) is -0.398. The number of benzene rings is 1. The third-order valence-corrected chi connectivity index (χ3v) is 4.75. The zero-order valence-corrected chi connectivity index (χ0v) is 13.8. The van der Waals surface area contributed by atoms with Crippen molar-refractivity contribution in [2.45, 2.75) is 31.3 Å². The number of rotatable bonds is 6. The van der Waals surface area contributed by atoms with Crippen LogP contribution in [-0.2, 0) is 21.4 Å². The monoisotopic (exact) mass is 333 g/mol. The first-order valence-electron chi connectivity index (χ1n) is 7.14. The summed E-state index contributed by atoms with van der Waals surface area (Å²) in [5, 5.41) is 2.68. The van der Waals surface area contributed by atoms with Crippen LogP contribution >= 0.6 is 0 Å². The summed E-state index contributed by atoms with van der Waals surface area (Å²) in [7, 11) is -3.73. The third kappa shape index (κ3) is 4.87. The van der Waals surface area contributed by atoms with Gasteiger partial charge in [-0.15, -0.1) is 0 Å². The summed E-state index contributed by atoms with van der Waals surface area (Å²) in [4.78, 5) is 16.1. The van der Waals surface area contributed by atoms with Gasteiger partial charge in [-0.2, -0.15) is 4.72 Å². The molecule has 7 heteroatoms. The average Bonchev–Trinajstić information content (AvgIpc) is 2.53. The van der Waals surface area contributed by atoms with Gasteiger partial charge in [-0.1, -0.05) is 18.2 Å². The molecule has 1 aromatic carbocycles. The van der Waals surface area contributed by atoms with Gasteiger partial charge in [0.2, 0.25) is 15.9 Å². The van der Waals surface area contributed by atoms with Crippen LogP contribution in [0.1, 0.15) is 18.1 Å². The maximum Gasteiger partial charge on any atom is 0.241 e. The second kappa shape index (κ2) is 7.34. The molecule has 0 spiro atoms. The molecule has 122 valence electrons. The van der Waals surface area contributed by atoms with Gasteiger partial charge < -0.3 is 5.32 Å². The maximum absolute atomic E-state index is 12.3. The van der Waals surface area contributed by atoms with Gasteiger partial charge in [0, 0.05) is 18.9 Å². The van der Waals surface area contributed by atoms with Crippen molar-refractivity contribution >= 4 is 15.9 Å². The first kappa shape index (κ1) is 17.1. The molecule has 6 nitrogen and oxygen atoms in total. The maximum atomic E-state index is 12.3. The van der Waals surface area contributed by atoms with Gasteiger partial charge in [0.05, 0.1) is 10.9 Å². The van der Waals surface area contributed by atoms with Crippen LogP contribution in [-0.4, -0.2) is 25.4 Å². The van der Waals surface area contributed by atoms with Crippen LogP contribution in [0, 0.1) is 6.92 Å². The number of aryl methyl sites for hydroxylation is 1. The Morgan fingerprint density at radius 3 is 2.70 bits per heavy atom. The number of hydrogen-bond acceptors (Lipinski definition) is 4. The minimum Gasteiger partial charge on any atom is -0.351 e. The molecule has 2 rings (SSSR count). The summed E-state index contributed by atoms with van der Waals surface area (Å²) < 4.78 is 26.9. The Bertz CT molecular complexity index is 776. The highest BCUT2D eigenvalue weighted by molar-refractivity contribution is 7.89. The summed E-state index contributed by atoms with van der Waals surface area (Å²) in [6.07, 6.45) is 3.28. The highest BCUT2D eigenvalue weighted by Crippen LogP contribution is 2.11. The van der Waals surface area contributed by atoms with Gasteiger partial charge in [0.15, 0.2) is 0 Å². The van der Waals surface area contributed by atoms with Gasteiger partial charge in [-0.05, 0) is 43.2 Å². The van der Waals surface area contributed by atoms with E-state index in [9.17, 15) is 13.2 Å². The smallest absolute Gasteiger partial charge is 0.241 e. The molecular weight excluding hydrogens is 314 g/mol. The van der Waals surface area contributed by atoms with Crippen molar-refractivity contribution in [2.24, 2.45) is 0 Å². The van der Waals surface area contributed by atoms with Crippen LogP contribution in [0.4, 0.5) is 0 Å². The zero-order chi connectivity index (χ0) is 16.9. The van der Waals surface area contributed by atoms with E-state index in [1.807, 2.05) is 19.1 Å². The molecule has 2 N–H and O–H groups in total. The van der Waals surface area contributed by atoms with Gasteiger partial charge in [0.1, 0.15) is 0 Å². The minimum absolute atomic E-state index is 0.143. The Morgan fingerprint density at radius 2 is 2.04 bits per heavy atom. The van der Waals surface area contributed by atoms with Crippen molar-refractivity contribution in [3.63, 3.8) is 0 Å². The van der Waals surface area contributed by atoms with Crippen molar-refractivity contribution in [2.75, 3.05) is 0 Å². The largest absolute Gasteiger partial charge is 0.351 e. The van der Waals surface area contributed by atoms with E-state index in [0.717, 1.165) is 11.1 Å². The van der Waals surface area contributed by atoms with Crippen molar-refractivity contribution in [1.82, 2.24) is 15.0 Å². The molecule has 2 aromatic rings. The SMILES string of the molecule is Cc1cccc(S(=O)(=O)N[C@@H](C)C(=O)NCc2cccnc2)c1. The van der Waals surface area contributed by atoms with Gasteiger partial charge in [0.25, 0.3) is 0 Å². The Labute approximate surface area is 136 Å². The number of nitrogens with one attached hydrogen (secondary N) is 2. The van der Waals surface area contributed by atoms with Crippen molar-refractivity contribution in [3.8, 4) is 0 Å². The number of pyridine rings is 1. The Morgan fingerprint density at radius 1 is 1.26 bits per heavy atom. The normalized spacial score (nSPS) is 12.6. The average molecular weight is 333 g/mol. The fraction of sp³-hybridized carbons (Fsp3) is 0.250. The Hall–Kier alpha value is -2.25. The fourth-order valence-corrected chi connectivity index (χ4v) is 3.29. The van der Waals surface area contributed by atoms with E-state index in [1.54, 1.807) is 30.6 Å². The molecule has 0 saturated heterocycles. The lowest BCUT2D eigenvalue weighted by Gasteiger charge is -2.14. The predicted molar refractivity (Wildman–Crippen MR) is 87.0 cm³/mol. The van der Waals surface area contributed by atoms with E-state index < -0.39 is 22.0 Å². The molecule has 23 heavy (non-hydrogen) atoms. The topological polar surface area (TPSA) is 88.2 Å². The van der Waals surface area contributed by atoms with Crippen LogP contribution in [0.25, 0.3) is 0 Å². The van der Waals surface area contributed by atoms with E-state index in [0.29, 0.717) is 6.54 Å². The minimum atomic E-state index is -3.73. The molecule has 1 amide bonds. The van der Waals surface area contributed by atoms with Crippen LogP contribution < -0.4 is 10.0 Å². The summed E-state index contributed by atoms with van der Waals surface area (Å²) >= 11 is 0. The van der Waals surface area contributed by atoms with Gasteiger partial charge >= 0.3 is 0 Å². The molecule has 0 aliphatic rings. The first-order valence-corrected chi connectivity index (χ1v) is 8.62. The number of carbonyl (C=O) groups is 1. The number of aromatic nitrogens is 1. The first-order chi connectivity index (χ1) is 10.9. The van der Waals surface area contributed by atoms with Crippen LogP contribution in [0.5, 0.6) is 0 Å².